The van der Waals surface area contributed by atoms with Gasteiger partial charge in [0.1, 0.15) is 5.15 Å². The molecule has 3 nitrogen and oxygen atoms in total. The number of aromatic nitrogens is 2. The van der Waals surface area contributed by atoms with Crippen LogP contribution in [0.25, 0.3) is 10.9 Å². The summed E-state index contributed by atoms with van der Waals surface area (Å²) < 4.78 is 27.5. The molecule has 2 heterocycles. The number of rotatable bonds is 2. The Hall–Kier alpha value is -1.49. The number of hydrogen-bond donors (Lipinski definition) is 0. The highest BCUT2D eigenvalue weighted by atomic mass is 35.5. The van der Waals surface area contributed by atoms with Crippen LogP contribution in [0.5, 0.6) is 0 Å². The predicted molar refractivity (Wildman–Crippen MR) is 67.7 cm³/mol. The summed E-state index contributed by atoms with van der Waals surface area (Å²) >= 11 is 5.83. The van der Waals surface area contributed by atoms with Crippen LogP contribution in [0.15, 0.2) is 18.5 Å². The van der Waals surface area contributed by atoms with Gasteiger partial charge < -0.3 is 4.57 Å². The molecule has 1 fully saturated rings. The smallest absolute Gasteiger partial charge is 0.249 e. The van der Waals surface area contributed by atoms with Crippen molar-refractivity contribution in [3.8, 4) is 0 Å². The molecular formula is C13H11ClF2N2O. The number of fused-ring (bicyclic) bond motifs is 1. The molecule has 1 aliphatic carbocycles. The Morgan fingerprint density at radius 3 is 2.84 bits per heavy atom. The van der Waals surface area contributed by atoms with Crippen LogP contribution in [0.4, 0.5) is 8.78 Å². The molecule has 0 aliphatic heterocycles. The van der Waals surface area contributed by atoms with E-state index in [4.69, 9.17) is 11.6 Å². The SMILES string of the molecule is Cn1cc(C(=O)C2CC(F)(F)C2)c2cc(Cl)ncc21. The van der Waals surface area contributed by atoms with Crippen LogP contribution in [0.2, 0.25) is 5.15 Å². The molecule has 0 aromatic carbocycles. The van der Waals surface area contributed by atoms with Crippen LogP contribution < -0.4 is 0 Å². The van der Waals surface area contributed by atoms with E-state index in [9.17, 15) is 13.6 Å². The number of halogens is 3. The fourth-order valence-electron chi connectivity index (χ4n) is 2.52. The van der Waals surface area contributed by atoms with E-state index in [1.807, 2.05) is 0 Å². The maximum atomic E-state index is 12.9. The van der Waals surface area contributed by atoms with Gasteiger partial charge in [-0.15, -0.1) is 0 Å². The van der Waals surface area contributed by atoms with Crippen LogP contribution >= 0.6 is 11.6 Å². The highest BCUT2D eigenvalue weighted by molar-refractivity contribution is 6.30. The van der Waals surface area contributed by atoms with E-state index < -0.39 is 11.8 Å². The first-order valence-corrected chi connectivity index (χ1v) is 6.28. The summed E-state index contributed by atoms with van der Waals surface area (Å²) in [5, 5.41) is 0.953. The fourth-order valence-corrected chi connectivity index (χ4v) is 2.67. The zero-order chi connectivity index (χ0) is 13.8. The molecule has 0 N–H and O–H groups in total. The fraction of sp³-hybridized carbons (Fsp3) is 0.385. The molecule has 1 aliphatic rings. The Morgan fingerprint density at radius 1 is 1.53 bits per heavy atom. The summed E-state index contributed by atoms with van der Waals surface area (Å²) in [6, 6.07) is 1.60. The molecule has 0 spiro atoms. The summed E-state index contributed by atoms with van der Waals surface area (Å²) in [6.45, 7) is 0. The number of ketones is 1. The van der Waals surface area contributed by atoms with Gasteiger partial charge in [0.15, 0.2) is 5.78 Å². The second-order valence-corrected chi connectivity index (χ2v) is 5.39. The molecule has 0 saturated heterocycles. The van der Waals surface area contributed by atoms with Gasteiger partial charge in [-0.1, -0.05) is 11.6 Å². The van der Waals surface area contributed by atoms with Crippen molar-refractivity contribution in [1.82, 2.24) is 9.55 Å². The van der Waals surface area contributed by atoms with E-state index in [2.05, 4.69) is 4.98 Å². The number of nitrogens with zero attached hydrogens (tertiary/aromatic N) is 2. The first kappa shape index (κ1) is 12.5. The van der Waals surface area contributed by atoms with E-state index in [0.29, 0.717) is 10.9 Å². The summed E-state index contributed by atoms with van der Waals surface area (Å²) in [6.07, 6.45) is 2.51. The minimum atomic E-state index is -2.69. The third kappa shape index (κ3) is 2.02. The number of pyridine rings is 1. The third-order valence-corrected chi connectivity index (χ3v) is 3.78. The summed E-state index contributed by atoms with van der Waals surface area (Å²) in [7, 11) is 1.78. The Labute approximate surface area is 113 Å². The lowest BCUT2D eigenvalue weighted by atomic mass is 9.76. The number of Topliss-reactive ketones (excluding diaryl/α,β-unsaturated/α-hetero) is 1. The summed E-state index contributed by atoms with van der Waals surface area (Å²) in [4.78, 5) is 16.2. The lowest BCUT2D eigenvalue weighted by Crippen LogP contribution is -2.39. The molecule has 0 bridgehead atoms. The van der Waals surface area contributed by atoms with Gasteiger partial charge in [-0.05, 0) is 6.07 Å². The second-order valence-electron chi connectivity index (χ2n) is 5.00. The molecule has 0 amide bonds. The molecule has 1 saturated carbocycles. The van der Waals surface area contributed by atoms with Crippen molar-refractivity contribution in [3.05, 3.63) is 29.2 Å². The van der Waals surface area contributed by atoms with Gasteiger partial charge in [0.05, 0.1) is 11.7 Å². The average Bonchev–Trinajstić information content (AvgIpc) is 2.62. The minimum absolute atomic E-state index is 0.237. The largest absolute Gasteiger partial charge is 0.349 e. The van der Waals surface area contributed by atoms with Crippen molar-refractivity contribution in [2.45, 2.75) is 18.8 Å². The van der Waals surface area contributed by atoms with Gasteiger partial charge in [0.2, 0.25) is 5.92 Å². The third-order valence-electron chi connectivity index (χ3n) is 3.57. The van der Waals surface area contributed by atoms with Crippen LogP contribution in [-0.2, 0) is 7.05 Å². The molecule has 3 rings (SSSR count). The quantitative estimate of drug-likeness (QED) is 0.625. The maximum Gasteiger partial charge on any atom is 0.249 e. The standard InChI is InChI=1S/C13H11ClF2N2O/c1-18-6-9(8-2-11(14)17-5-10(8)18)12(19)7-3-13(15,16)4-7/h2,5-7H,3-4H2,1H3. The maximum absolute atomic E-state index is 12.9. The van der Waals surface area contributed by atoms with Gasteiger partial charge in [0, 0.05) is 43.0 Å². The Balaban J connectivity index is 2.01. The Kier molecular flexibility index (Phi) is 2.64. The lowest BCUT2D eigenvalue weighted by molar-refractivity contribution is -0.0981. The van der Waals surface area contributed by atoms with E-state index in [0.717, 1.165) is 5.52 Å². The number of aryl methyl sites for hydroxylation is 1. The zero-order valence-electron chi connectivity index (χ0n) is 10.2. The van der Waals surface area contributed by atoms with Crippen LogP contribution in [0.1, 0.15) is 23.2 Å². The molecular weight excluding hydrogens is 274 g/mol. The number of carbonyl (C=O) groups is 1. The topological polar surface area (TPSA) is 34.9 Å². The Bertz CT molecular complexity index is 673. The normalized spacial score (nSPS) is 18.5. The molecule has 2 aromatic rings. The molecule has 0 atom stereocenters. The zero-order valence-corrected chi connectivity index (χ0v) is 10.9. The number of carbonyl (C=O) groups excluding carboxylic acids is 1. The first-order chi connectivity index (χ1) is 8.87. The van der Waals surface area contributed by atoms with E-state index in [1.165, 1.54) is 0 Å². The van der Waals surface area contributed by atoms with E-state index in [-0.39, 0.29) is 23.8 Å². The highest BCUT2D eigenvalue weighted by Gasteiger charge is 2.49. The first-order valence-electron chi connectivity index (χ1n) is 5.90. The van der Waals surface area contributed by atoms with Crippen molar-refractivity contribution in [1.29, 1.82) is 0 Å². The second kappa shape index (κ2) is 4.00. The van der Waals surface area contributed by atoms with Crippen molar-refractivity contribution in [2.24, 2.45) is 13.0 Å². The van der Waals surface area contributed by atoms with Crippen LogP contribution in [-0.4, -0.2) is 21.3 Å². The van der Waals surface area contributed by atoms with Crippen molar-refractivity contribution in [3.63, 3.8) is 0 Å². The van der Waals surface area contributed by atoms with Crippen LogP contribution in [0.3, 0.4) is 0 Å². The van der Waals surface area contributed by atoms with E-state index >= 15 is 0 Å². The van der Waals surface area contributed by atoms with Gasteiger partial charge in [0.25, 0.3) is 0 Å². The highest BCUT2D eigenvalue weighted by Crippen LogP contribution is 2.44. The molecule has 19 heavy (non-hydrogen) atoms. The minimum Gasteiger partial charge on any atom is -0.349 e. The van der Waals surface area contributed by atoms with Gasteiger partial charge in [-0.2, -0.15) is 0 Å². The van der Waals surface area contributed by atoms with Gasteiger partial charge in [-0.3, -0.25) is 4.79 Å². The molecule has 100 valence electrons. The molecule has 0 radical (unpaired) electrons. The monoisotopic (exact) mass is 284 g/mol. The van der Waals surface area contributed by atoms with Gasteiger partial charge in [-0.25, -0.2) is 13.8 Å². The summed E-state index contributed by atoms with van der Waals surface area (Å²) in [5.74, 6) is -3.52. The average molecular weight is 285 g/mol. The predicted octanol–water partition coefficient (Wildman–Crippen LogP) is 3.45. The molecule has 6 heteroatoms. The van der Waals surface area contributed by atoms with Crippen molar-refractivity contribution >= 4 is 28.3 Å². The molecule has 2 aromatic heterocycles. The molecule has 0 unspecified atom stereocenters. The van der Waals surface area contributed by atoms with Crippen LogP contribution in [0, 0.1) is 5.92 Å². The van der Waals surface area contributed by atoms with Crippen molar-refractivity contribution in [2.75, 3.05) is 0 Å². The number of hydrogen-bond acceptors (Lipinski definition) is 2. The lowest BCUT2D eigenvalue weighted by Gasteiger charge is -2.33. The summed E-state index contributed by atoms with van der Waals surface area (Å²) in [5.41, 5.74) is 1.21. The van der Waals surface area contributed by atoms with Gasteiger partial charge >= 0.3 is 0 Å². The van der Waals surface area contributed by atoms with Crippen molar-refractivity contribution < 1.29 is 13.6 Å². The number of alkyl halides is 2. The van der Waals surface area contributed by atoms with E-state index in [1.54, 1.807) is 30.1 Å². The Morgan fingerprint density at radius 2 is 2.21 bits per heavy atom.